The highest BCUT2D eigenvalue weighted by molar-refractivity contribution is 7.89. The number of carbonyl (C=O) groups is 2. The summed E-state index contributed by atoms with van der Waals surface area (Å²) in [5.41, 5.74) is 0. The van der Waals surface area contributed by atoms with Gasteiger partial charge in [-0.2, -0.15) is 0 Å². The zero-order chi connectivity index (χ0) is 23.0. The fraction of sp³-hybridized carbons (Fsp3) is 0.429. The molecule has 0 unspecified atom stereocenters. The quantitative estimate of drug-likeness (QED) is 0.391. The molecule has 1 aliphatic heterocycles. The van der Waals surface area contributed by atoms with E-state index < -0.39 is 22.0 Å². The molecule has 0 radical (unpaired) electrons. The topological polar surface area (TPSA) is 130 Å². The number of benzene rings is 1. The van der Waals surface area contributed by atoms with Crippen molar-refractivity contribution in [1.29, 1.82) is 0 Å². The van der Waals surface area contributed by atoms with E-state index in [4.69, 9.17) is 18.6 Å². The summed E-state index contributed by atoms with van der Waals surface area (Å²) >= 11 is 0. The summed E-state index contributed by atoms with van der Waals surface area (Å²) in [5.74, 6) is 0.307. The smallest absolute Gasteiger partial charge is 0.373 e. The maximum atomic E-state index is 12.4. The minimum absolute atomic E-state index is 0.0391. The number of unbranched alkanes of at least 4 members (excludes halogenated alkanes) is 2. The predicted octanol–water partition coefficient (Wildman–Crippen LogP) is 2.42. The van der Waals surface area contributed by atoms with Crippen LogP contribution < -0.4 is 14.2 Å². The van der Waals surface area contributed by atoms with Crippen LogP contribution in [-0.4, -0.2) is 47.2 Å². The number of fused-ring (bicyclic) bond motifs is 1. The average Bonchev–Trinajstić information content (AvgIpc) is 3.28. The second-order valence-corrected chi connectivity index (χ2v) is 8.70. The Kier molecular flexibility index (Phi) is 8.12. The van der Waals surface area contributed by atoms with Gasteiger partial charge in [-0.1, -0.05) is 6.42 Å². The first-order valence-electron chi connectivity index (χ1n) is 10.1. The summed E-state index contributed by atoms with van der Waals surface area (Å²) in [7, 11) is -2.42. The number of sulfonamides is 1. The molecule has 1 aromatic carbocycles. The summed E-state index contributed by atoms with van der Waals surface area (Å²) in [6.45, 7) is 0.978. The molecule has 2 aromatic rings. The molecule has 32 heavy (non-hydrogen) atoms. The van der Waals surface area contributed by atoms with Gasteiger partial charge < -0.3 is 23.4 Å². The highest BCUT2D eigenvalue weighted by Gasteiger charge is 2.19. The van der Waals surface area contributed by atoms with Crippen LogP contribution in [0, 0.1) is 0 Å². The molecule has 0 saturated heterocycles. The van der Waals surface area contributed by atoms with Gasteiger partial charge in [-0.15, -0.1) is 0 Å². The normalized spacial score (nSPS) is 12.9. The summed E-state index contributed by atoms with van der Waals surface area (Å²) < 4.78 is 53.0. The first-order valence-corrected chi connectivity index (χ1v) is 11.6. The van der Waals surface area contributed by atoms with Crippen molar-refractivity contribution < 1.29 is 41.4 Å². The lowest BCUT2D eigenvalue weighted by Gasteiger charge is -2.18. The maximum Gasteiger partial charge on any atom is 0.373 e. The predicted molar refractivity (Wildman–Crippen MR) is 111 cm³/mol. The van der Waals surface area contributed by atoms with Gasteiger partial charge in [0, 0.05) is 19.0 Å². The molecule has 0 aliphatic carbocycles. The van der Waals surface area contributed by atoms with Gasteiger partial charge in [-0.3, -0.25) is 4.79 Å². The molecule has 174 valence electrons. The molecule has 0 spiro atoms. The fourth-order valence-electron chi connectivity index (χ4n) is 2.94. The minimum atomic E-state index is -3.66. The van der Waals surface area contributed by atoms with E-state index >= 15 is 0 Å². The summed E-state index contributed by atoms with van der Waals surface area (Å²) in [5, 5.41) is 0. The molecule has 0 atom stereocenters. The number of ether oxygens (including phenoxy) is 4. The molecular formula is C21H25NO9S. The lowest BCUT2D eigenvalue weighted by Crippen LogP contribution is -2.25. The monoisotopic (exact) mass is 467 g/mol. The molecule has 10 nitrogen and oxygen atoms in total. The third-order valence-electron chi connectivity index (χ3n) is 4.60. The Labute approximate surface area is 185 Å². The van der Waals surface area contributed by atoms with Crippen LogP contribution in [0.5, 0.6) is 11.5 Å². The van der Waals surface area contributed by atoms with Crippen LogP contribution in [0.3, 0.4) is 0 Å². The highest BCUT2D eigenvalue weighted by atomic mass is 32.2. The van der Waals surface area contributed by atoms with E-state index in [0.717, 1.165) is 0 Å². The van der Waals surface area contributed by atoms with Crippen LogP contribution in [-0.2, 0) is 30.9 Å². The number of hydrogen-bond acceptors (Lipinski definition) is 9. The minimum Gasteiger partial charge on any atom is -0.486 e. The van der Waals surface area contributed by atoms with E-state index in [1.54, 1.807) is 6.07 Å². The van der Waals surface area contributed by atoms with Crippen molar-refractivity contribution in [2.75, 3.05) is 26.9 Å². The molecule has 1 aliphatic rings. The molecule has 1 aromatic heterocycles. The first kappa shape index (κ1) is 23.6. The van der Waals surface area contributed by atoms with Gasteiger partial charge >= 0.3 is 11.9 Å². The largest absolute Gasteiger partial charge is 0.486 e. The summed E-state index contributed by atoms with van der Waals surface area (Å²) in [4.78, 5) is 23.2. The SMILES string of the molecule is COC(=O)c1ccc(COC(=O)CCCCCNS(=O)(=O)c2ccc3c(c2)OCCO3)o1. The maximum absolute atomic E-state index is 12.4. The van der Waals surface area contributed by atoms with Gasteiger partial charge in [0.05, 0.1) is 12.0 Å². The van der Waals surface area contributed by atoms with Gasteiger partial charge in [0.15, 0.2) is 11.5 Å². The Morgan fingerprint density at radius 1 is 1.03 bits per heavy atom. The van der Waals surface area contributed by atoms with Crippen molar-refractivity contribution in [3.05, 3.63) is 41.9 Å². The van der Waals surface area contributed by atoms with E-state index in [1.807, 2.05) is 0 Å². The number of nitrogens with one attached hydrogen (secondary N) is 1. The van der Waals surface area contributed by atoms with Crippen molar-refractivity contribution in [3.63, 3.8) is 0 Å². The van der Waals surface area contributed by atoms with Crippen molar-refractivity contribution >= 4 is 22.0 Å². The van der Waals surface area contributed by atoms with Gasteiger partial charge in [0.25, 0.3) is 0 Å². The van der Waals surface area contributed by atoms with Gasteiger partial charge in [0.2, 0.25) is 15.8 Å². The highest BCUT2D eigenvalue weighted by Crippen LogP contribution is 2.32. The number of rotatable bonds is 11. The summed E-state index contributed by atoms with van der Waals surface area (Å²) in [6.07, 6.45) is 1.96. The molecule has 0 saturated carbocycles. The van der Waals surface area contributed by atoms with Gasteiger partial charge in [0.1, 0.15) is 25.6 Å². The first-order chi connectivity index (χ1) is 15.4. The molecule has 0 amide bonds. The third kappa shape index (κ3) is 6.47. The molecule has 2 heterocycles. The Morgan fingerprint density at radius 2 is 1.81 bits per heavy atom. The molecule has 3 rings (SSSR count). The third-order valence-corrected chi connectivity index (χ3v) is 6.06. The lowest BCUT2D eigenvalue weighted by atomic mass is 10.2. The van der Waals surface area contributed by atoms with E-state index in [0.29, 0.717) is 49.7 Å². The number of carbonyl (C=O) groups excluding carboxylic acids is 2. The zero-order valence-electron chi connectivity index (χ0n) is 17.6. The molecule has 0 fully saturated rings. The van der Waals surface area contributed by atoms with Crippen molar-refractivity contribution in [1.82, 2.24) is 4.72 Å². The Morgan fingerprint density at radius 3 is 2.59 bits per heavy atom. The Bertz CT molecular complexity index is 1050. The average molecular weight is 467 g/mol. The van der Waals surface area contributed by atoms with E-state index in [1.165, 1.54) is 31.4 Å². The fourth-order valence-corrected chi connectivity index (χ4v) is 4.03. The lowest BCUT2D eigenvalue weighted by molar-refractivity contribution is -0.145. The van der Waals surface area contributed by atoms with Crippen LogP contribution in [0.25, 0.3) is 0 Å². The van der Waals surface area contributed by atoms with Crippen LogP contribution in [0.1, 0.15) is 42.0 Å². The second kappa shape index (κ2) is 11.0. The van der Waals surface area contributed by atoms with Crippen LogP contribution in [0.4, 0.5) is 0 Å². The van der Waals surface area contributed by atoms with E-state index in [2.05, 4.69) is 9.46 Å². The van der Waals surface area contributed by atoms with E-state index in [9.17, 15) is 18.0 Å². The zero-order valence-corrected chi connectivity index (χ0v) is 18.4. The number of methoxy groups -OCH3 is 1. The molecule has 1 N–H and O–H groups in total. The Balaban J connectivity index is 1.32. The van der Waals surface area contributed by atoms with Gasteiger partial charge in [-0.05, 0) is 37.1 Å². The number of esters is 2. The van der Waals surface area contributed by atoms with Crippen molar-refractivity contribution in [2.24, 2.45) is 0 Å². The number of furan rings is 1. The Hall–Kier alpha value is -3.05. The molecule has 0 bridgehead atoms. The van der Waals surface area contributed by atoms with Crippen molar-refractivity contribution in [3.8, 4) is 11.5 Å². The molecular weight excluding hydrogens is 442 g/mol. The van der Waals surface area contributed by atoms with Crippen LogP contribution >= 0.6 is 0 Å². The van der Waals surface area contributed by atoms with Crippen molar-refractivity contribution in [2.45, 2.75) is 37.2 Å². The van der Waals surface area contributed by atoms with Gasteiger partial charge in [-0.25, -0.2) is 17.9 Å². The van der Waals surface area contributed by atoms with Crippen LogP contribution in [0.15, 0.2) is 39.6 Å². The standard InChI is InChI=1S/C21H25NO9S/c1-27-21(24)18-8-6-15(31-18)14-30-20(23)5-3-2-4-10-22-32(25,26)16-7-9-17-19(13-16)29-12-11-28-17/h6-9,13,22H,2-5,10-12,14H2,1H3. The number of hydrogen-bond donors (Lipinski definition) is 1. The van der Waals surface area contributed by atoms with Crippen LogP contribution in [0.2, 0.25) is 0 Å². The summed E-state index contributed by atoms with van der Waals surface area (Å²) in [6, 6.07) is 7.47. The van der Waals surface area contributed by atoms with E-state index in [-0.39, 0.29) is 30.2 Å². The second-order valence-electron chi connectivity index (χ2n) is 6.93. The molecule has 11 heteroatoms.